The minimum absolute atomic E-state index is 0.785. The molecule has 2 aliphatic carbocycles. The molecule has 2 aliphatic rings. The van der Waals surface area contributed by atoms with Crippen LogP contribution in [-0.4, -0.2) is 22.8 Å². The molecular formula is C12H24O2Si. The molecule has 15 heavy (non-hydrogen) atoms. The first-order valence-electron chi connectivity index (χ1n) is 6.41. The molecule has 2 fully saturated rings. The third-order valence-electron chi connectivity index (χ3n) is 4.47. The van der Waals surface area contributed by atoms with E-state index >= 15 is 0 Å². The predicted molar refractivity (Wildman–Crippen MR) is 64.1 cm³/mol. The van der Waals surface area contributed by atoms with Crippen LogP contribution in [0.4, 0.5) is 0 Å². The molecule has 0 N–H and O–H groups in total. The van der Waals surface area contributed by atoms with Crippen molar-refractivity contribution in [1.82, 2.24) is 0 Å². The summed E-state index contributed by atoms with van der Waals surface area (Å²) in [4.78, 5) is 0. The van der Waals surface area contributed by atoms with Gasteiger partial charge in [0.1, 0.15) is 0 Å². The first-order valence-corrected chi connectivity index (χ1v) is 8.51. The van der Waals surface area contributed by atoms with Gasteiger partial charge >= 0.3 is 8.56 Å². The summed E-state index contributed by atoms with van der Waals surface area (Å²) in [5, 5.41) is 0. The highest BCUT2D eigenvalue weighted by atomic mass is 28.4. The van der Waals surface area contributed by atoms with Crippen molar-refractivity contribution in [2.24, 2.45) is 5.92 Å². The number of rotatable bonds is 5. The minimum atomic E-state index is -1.83. The van der Waals surface area contributed by atoms with Gasteiger partial charge in [0.05, 0.1) is 0 Å². The monoisotopic (exact) mass is 228 g/mol. The van der Waals surface area contributed by atoms with E-state index in [0.29, 0.717) is 0 Å². The molecule has 0 atom stereocenters. The van der Waals surface area contributed by atoms with Gasteiger partial charge in [-0.15, -0.1) is 0 Å². The molecule has 2 rings (SSSR count). The first-order chi connectivity index (χ1) is 7.30. The maximum absolute atomic E-state index is 5.87. The Balaban J connectivity index is 1.96. The lowest BCUT2D eigenvalue weighted by Crippen LogP contribution is -2.48. The van der Waals surface area contributed by atoms with Crippen LogP contribution in [0.5, 0.6) is 0 Å². The molecule has 0 aromatic heterocycles. The maximum atomic E-state index is 5.87. The molecule has 0 unspecified atom stereocenters. The van der Waals surface area contributed by atoms with Crippen molar-refractivity contribution in [1.29, 1.82) is 0 Å². The van der Waals surface area contributed by atoms with E-state index in [0.717, 1.165) is 11.5 Å². The molecule has 0 aromatic rings. The van der Waals surface area contributed by atoms with Gasteiger partial charge in [0, 0.05) is 19.8 Å². The second-order valence-electron chi connectivity index (χ2n) is 5.20. The maximum Gasteiger partial charge on any atom is 0.341 e. The predicted octanol–water partition coefficient (Wildman–Crippen LogP) is 3.47. The van der Waals surface area contributed by atoms with Crippen LogP contribution in [0.25, 0.3) is 0 Å². The molecule has 0 bridgehead atoms. The fourth-order valence-electron chi connectivity index (χ4n) is 3.21. The highest BCUT2D eigenvalue weighted by molar-refractivity contribution is 6.69. The molecule has 0 heterocycles. The van der Waals surface area contributed by atoms with Gasteiger partial charge in [-0.3, -0.25) is 0 Å². The lowest BCUT2D eigenvalue weighted by Gasteiger charge is -2.41. The van der Waals surface area contributed by atoms with Crippen molar-refractivity contribution in [2.75, 3.05) is 14.2 Å². The van der Waals surface area contributed by atoms with Crippen LogP contribution in [0, 0.1) is 5.92 Å². The fourth-order valence-corrected chi connectivity index (χ4v) is 7.22. The van der Waals surface area contributed by atoms with Gasteiger partial charge in [0.25, 0.3) is 0 Å². The summed E-state index contributed by atoms with van der Waals surface area (Å²) in [6.07, 6.45) is 9.75. The van der Waals surface area contributed by atoms with Gasteiger partial charge in [-0.2, -0.15) is 0 Å². The van der Waals surface area contributed by atoms with Gasteiger partial charge in [0.15, 0.2) is 0 Å². The molecule has 3 heteroatoms. The lowest BCUT2D eigenvalue weighted by atomic mass is 10.00. The standard InChI is InChI=1S/C12H24O2Si/c1-13-15(14-2,12-8-5-9-12)10-11-6-3-4-7-11/h11-12H,3-10H2,1-2H3. The molecule has 0 saturated heterocycles. The summed E-state index contributed by atoms with van der Waals surface area (Å²) in [6, 6.07) is 1.25. The Kier molecular flexibility index (Phi) is 3.86. The summed E-state index contributed by atoms with van der Waals surface area (Å²) < 4.78 is 11.7. The van der Waals surface area contributed by atoms with Crippen LogP contribution in [0.3, 0.4) is 0 Å². The van der Waals surface area contributed by atoms with Crippen LogP contribution in [0.15, 0.2) is 0 Å². The molecule has 0 aliphatic heterocycles. The van der Waals surface area contributed by atoms with Crippen molar-refractivity contribution >= 4 is 8.56 Å². The summed E-state index contributed by atoms with van der Waals surface area (Å²) in [6.45, 7) is 0. The van der Waals surface area contributed by atoms with E-state index in [1.165, 1.54) is 51.0 Å². The normalized spacial score (nSPS) is 24.4. The second kappa shape index (κ2) is 4.98. The quantitative estimate of drug-likeness (QED) is 0.671. The zero-order valence-corrected chi connectivity index (χ0v) is 11.1. The molecule has 0 spiro atoms. The Morgan fingerprint density at radius 3 is 1.93 bits per heavy atom. The average Bonchev–Trinajstić information content (AvgIpc) is 2.66. The SMILES string of the molecule is CO[Si](CC1CCCC1)(OC)C1CCC1. The zero-order chi connectivity index (χ0) is 10.7. The summed E-state index contributed by atoms with van der Waals surface area (Å²) >= 11 is 0. The summed E-state index contributed by atoms with van der Waals surface area (Å²) in [5.41, 5.74) is 0.785. The van der Waals surface area contributed by atoms with E-state index in [2.05, 4.69) is 0 Å². The molecule has 0 amide bonds. The Labute approximate surface area is 94.6 Å². The molecular weight excluding hydrogens is 204 g/mol. The Morgan fingerprint density at radius 1 is 0.933 bits per heavy atom. The van der Waals surface area contributed by atoms with E-state index in [4.69, 9.17) is 8.85 Å². The molecule has 0 aromatic carbocycles. The van der Waals surface area contributed by atoms with Crippen molar-refractivity contribution in [2.45, 2.75) is 56.5 Å². The fraction of sp³-hybridized carbons (Fsp3) is 1.00. The van der Waals surface area contributed by atoms with Crippen LogP contribution < -0.4 is 0 Å². The van der Waals surface area contributed by atoms with Crippen molar-refractivity contribution in [3.63, 3.8) is 0 Å². The van der Waals surface area contributed by atoms with E-state index in [9.17, 15) is 0 Å². The third-order valence-corrected chi connectivity index (χ3v) is 8.82. The van der Waals surface area contributed by atoms with E-state index in [1.807, 2.05) is 14.2 Å². The smallest absolute Gasteiger partial charge is 0.341 e. The summed E-state index contributed by atoms with van der Waals surface area (Å²) in [5.74, 6) is 0.900. The van der Waals surface area contributed by atoms with Gasteiger partial charge in [-0.05, 0) is 24.8 Å². The molecule has 0 radical (unpaired) electrons. The van der Waals surface area contributed by atoms with Gasteiger partial charge in [0.2, 0.25) is 0 Å². The topological polar surface area (TPSA) is 18.5 Å². The van der Waals surface area contributed by atoms with Crippen LogP contribution in [-0.2, 0) is 8.85 Å². The molecule has 2 nitrogen and oxygen atoms in total. The van der Waals surface area contributed by atoms with Crippen LogP contribution in [0.2, 0.25) is 11.6 Å². The van der Waals surface area contributed by atoms with Crippen molar-refractivity contribution in [3.05, 3.63) is 0 Å². The van der Waals surface area contributed by atoms with Gasteiger partial charge in [-0.1, -0.05) is 32.1 Å². The molecule has 88 valence electrons. The van der Waals surface area contributed by atoms with Crippen molar-refractivity contribution < 1.29 is 8.85 Å². The van der Waals surface area contributed by atoms with Gasteiger partial charge < -0.3 is 8.85 Å². The summed E-state index contributed by atoms with van der Waals surface area (Å²) in [7, 11) is 1.93. The first kappa shape index (κ1) is 11.6. The zero-order valence-electron chi connectivity index (χ0n) is 10.1. The Bertz CT molecular complexity index is 194. The van der Waals surface area contributed by atoms with Gasteiger partial charge in [-0.25, -0.2) is 0 Å². The molecule has 2 saturated carbocycles. The van der Waals surface area contributed by atoms with Crippen LogP contribution in [0.1, 0.15) is 44.9 Å². The lowest BCUT2D eigenvalue weighted by molar-refractivity contribution is 0.201. The highest BCUT2D eigenvalue weighted by Gasteiger charge is 2.48. The number of hydrogen-bond donors (Lipinski definition) is 0. The van der Waals surface area contributed by atoms with E-state index in [-0.39, 0.29) is 0 Å². The largest absolute Gasteiger partial charge is 0.397 e. The van der Waals surface area contributed by atoms with Crippen molar-refractivity contribution in [3.8, 4) is 0 Å². The van der Waals surface area contributed by atoms with E-state index in [1.54, 1.807) is 0 Å². The Hall–Kier alpha value is 0.137. The minimum Gasteiger partial charge on any atom is -0.397 e. The second-order valence-corrected chi connectivity index (χ2v) is 8.87. The average molecular weight is 228 g/mol. The Morgan fingerprint density at radius 2 is 1.53 bits per heavy atom. The van der Waals surface area contributed by atoms with Crippen LogP contribution >= 0.6 is 0 Å². The number of hydrogen-bond acceptors (Lipinski definition) is 2. The highest BCUT2D eigenvalue weighted by Crippen LogP contribution is 2.46. The van der Waals surface area contributed by atoms with E-state index < -0.39 is 8.56 Å². The third kappa shape index (κ3) is 2.29.